The molecule has 0 aromatic carbocycles. The molecule has 0 spiro atoms. The quantitative estimate of drug-likeness (QED) is 0.666. The number of rotatable bonds is 0. The van der Waals surface area contributed by atoms with Crippen LogP contribution < -0.4 is 11.2 Å². The van der Waals surface area contributed by atoms with Gasteiger partial charge in [-0.2, -0.15) is 0 Å². The largest absolute Gasteiger partial charge is 0.325 e. The molecule has 0 aliphatic heterocycles. The molecule has 0 saturated carbocycles. The SMILES string of the molecule is Cc1cncs1.O=c1cc[nH]c(=O)[nH]1. The van der Waals surface area contributed by atoms with E-state index in [9.17, 15) is 9.59 Å². The number of hydrogen-bond acceptors (Lipinski definition) is 4. The summed E-state index contributed by atoms with van der Waals surface area (Å²) in [6.07, 6.45) is 3.14. The highest BCUT2D eigenvalue weighted by molar-refractivity contribution is 7.09. The zero-order chi connectivity index (χ0) is 10.4. The van der Waals surface area contributed by atoms with E-state index in [0.717, 1.165) is 0 Å². The lowest BCUT2D eigenvalue weighted by Crippen LogP contribution is -2.19. The third-order valence-electron chi connectivity index (χ3n) is 1.24. The first-order chi connectivity index (χ1) is 6.68. The molecular weight excluding hydrogens is 202 g/mol. The molecule has 0 aliphatic carbocycles. The van der Waals surface area contributed by atoms with Crippen LogP contribution in [0.5, 0.6) is 0 Å². The average molecular weight is 211 g/mol. The normalized spacial score (nSPS) is 8.93. The molecule has 2 N–H and O–H groups in total. The monoisotopic (exact) mass is 211 g/mol. The molecule has 2 aromatic rings. The van der Waals surface area contributed by atoms with Gasteiger partial charge < -0.3 is 4.98 Å². The molecule has 74 valence electrons. The summed E-state index contributed by atoms with van der Waals surface area (Å²) in [7, 11) is 0. The fourth-order valence-corrected chi connectivity index (χ4v) is 1.07. The van der Waals surface area contributed by atoms with Crippen LogP contribution in [0.15, 0.2) is 33.6 Å². The van der Waals surface area contributed by atoms with Crippen molar-refractivity contribution >= 4 is 11.3 Å². The Kier molecular flexibility index (Phi) is 3.81. The minimum Gasteiger partial charge on any atom is -0.314 e. The van der Waals surface area contributed by atoms with Crippen molar-refractivity contribution in [3.05, 3.63) is 49.7 Å². The minimum atomic E-state index is -0.475. The summed E-state index contributed by atoms with van der Waals surface area (Å²) < 4.78 is 0. The highest BCUT2D eigenvalue weighted by atomic mass is 32.1. The van der Waals surface area contributed by atoms with E-state index >= 15 is 0 Å². The Hall–Kier alpha value is -1.69. The number of nitrogens with zero attached hydrogens (tertiary/aromatic N) is 1. The Morgan fingerprint density at radius 2 is 2.21 bits per heavy atom. The van der Waals surface area contributed by atoms with E-state index in [0.29, 0.717) is 0 Å². The van der Waals surface area contributed by atoms with Crippen LogP contribution in [-0.2, 0) is 0 Å². The van der Waals surface area contributed by atoms with E-state index in [2.05, 4.69) is 9.97 Å². The number of hydrogen-bond donors (Lipinski definition) is 2. The van der Waals surface area contributed by atoms with Crippen LogP contribution in [0, 0.1) is 6.92 Å². The Bertz CT molecular complexity index is 446. The van der Waals surface area contributed by atoms with Crippen molar-refractivity contribution < 1.29 is 0 Å². The lowest BCUT2D eigenvalue weighted by Gasteiger charge is -1.75. The summed E-state index contributed by atoms with van der Waals surface area (Å²) in [6.45, 7) is 2.04. The van der Waals surface area contributed by atoms with Gasteiger partial charge in [-0.15, -0.1) is 11.3 Å². The molecule has 0 bridgehead atoms. The highest BCUT2D eigenvalue weighted by Crippen LogP contribution is 1.99. The van der Waals surface area contributed by atoms with Crippen molar-refractivity contribution in [2.24, 2.45) is 0 Å². The van der Waals surface area contributed by atoms with Gasteiger partial charge in [0.1, 0.15) is 0 Å². The lowest BCUT2D eigenvalue weighted by molar-refractivity contribution is 1.04. The molecular formula is C8H9N3O2S. The van der Waals surface area contributed by atoms with Crippen molar-refractivity contribution in [1.29, 1.82) is 0 Å². The van der Waals surface area contributed by atoms with Gasteiger partial charge in [-0.1, -0.05) is 0 Å². The molecule has 6 heteroatoms. The third-order valence-corrected chi connectivity index (χ3v) is 1.95. The van der Waals surface area contributed by atoms with E-state index in [1.807, 2.05) is 23.6 Å². The van der Waals surface area contributed by atoms with Crippen LogP contribution in [0.1, 0.15) is 4.88 Å². The van der Waals surface area contributed by atoms with Crippen molar-refractivity contribution in [3.8, 4) is 0 Å². The smallest absolute Gasteiger partial charge is 0.314 e. The van der Waals surface area contributed by atoms with Gasteiger partial charge in [-0.05, 0) is 6.92 Å². The van der Waals surface area contributed by atoms with E-state index in [1.54, 1.807) is 11.3 Å². The van der Waals surface area contributed by atoms with Crippen LogP contribution >= 0.6 is 11.3 Å². The molecule has 0 unspecified atom stereocenters. The van der Waals surface area contributed by atoms with Crippen molar-refractivity contribution in [1.82, 2.24) is 15.0 Å². The van der Waals surface area contributed by atoms with Gasteiger partial charge in [-0.25, -0.2) is 4.79 Å². The number of H-pyrrole nitrogens is 2. The third kappa shape index (κ3) is 3.81. The van der Waals surface area contributed by atoms with Crippen molar-refractivity contribution in [2.75, 3.05) is 0 Å². The molecule has 0 aliphatic rings. The van der Waals surface area contributed by atoms with Gasteiger partial charge in [-0.3, -0.25) is 14.8 Å². The van der Waals surface area contributed by atoms with Gasteiger partial charge in [0, 0.05) is 23.3 Å². The predicted octanol–water partition coefficient (Wildman–Crippen LogP) is 0.515. The molecule has 5 nitrogen and oxygen atoms in total. The fourth-order valence-electron chi connectivity index (χ4n) is 0.662. The summed E-state index contributed by atoms with van der Waals surface area (Å²) in [5.74, 6) is 0. The first kappa shape index (κ1) is 10.4. The second-order valence-electron chi connectivity index (χ2n) is 2.41. The molecule has 0 fully saturated rings. The average Bonchev–Trinajstić information content (AvgIpc) is 2.56. The highest BCUT2D eigenvalue weighted by Gasteiger charge is 1.78. The topological polar surface area (TPSA) is 78.6 Å². The molecule has 2 heterocycles. The van der Waals surface area contributed by atoms with E-state index in [1.165, 1.54) is 17.1 Å². The standard InChI is InChI=1S/C4H4N2O2.C4H5NS/c7-3-1-2-5-4(8)6-3;1-4-2-5-3-6-4/h1-2H,(H2,5,6,7,8);2-3H,1H3. The van der Waals surface area contributed by atoms with E-state index in [4.69, 9.17) is 0 Å². The Balaban J connectivity index is 0.000000146. The van der Waals surface area contributed by atoms with Crippen LogP contribution in [0.2, 0.25) is 0 Å². The van der Waals surface area contributed by atoms with Gasteiger partial charge >= 0.3 is 5.69 Å². The lowest BCUT2D eigenvalue weighted by atomic mass is 10.7. The number of aryl methyl sites for hydroxylation is 1. The molecule has 0 amide bonds. The maximum Gasteiger partial charge on any atom is 0.325 e. The van der Waals surface area contributed by atoms with E-state index < -0.39 is 5.69 Å². The second-order valence-corrected chi connectivity index (χ2v) is 3.50. The predicted molar refractivity (Wildman–Crippen MR) is 54.5 cm³/mol. The van der Waals surface area contributed by atoms with Gasteiger partial charge in [0.2, 0.25) is 0 Å². The van der Waals surface area contributed by atoms with Gasteiger partial charge in [0.05, 0.1) is 5.51 Å². The Morgan fingerprint density at radius 3 is 2.50 bits per heavy atom. The van der Waals surface area contributed by atoms with Gasteiger partial charge in [0.15, 0.2) is 0 Å². The maximum absolute atomic E-state index is 10.2. The molecule has 14 heavy (non-hydrogen) atoms. The zero-order valence-corrected chi connectivity index (χ0v) is 8.30. The Labute approximate surface area is 83.5 Å². The Morgan fingerprint density at radius 1 is 1.43 bits per heavy atom. The summed E-state index contributed by atoms with van der Waals surface area (Å²) >= 11 is 1.67. The first-order valence-corrected chi connectivity index (χ1v) is 4.69. The van der Waals surface area contributed by atoms with Crippen molar-refractivity contribution in [2.45, 2.75) is 6.92 Å². The molecule has 2 aromatic heterocycles. The summed E-state index contributed by atoms with van der Waals surface area (Å²) in [6, 6.07) is 1.24. The van der Waals surface area contributed by atoms with E-state index in [-0.39, 0.29) is 5.56 Å². The van der Waals surface area contributed by atoms with Crippen LogP contribution in [0.25, 0.3) is 0 Å². The van der Waals surface area contributed by atoms with Gasteiger partial charge in [0.25, 0.3) is 5.56 Å². The molecule has 0 saturated heterocycles. The number of aromatic nitrogens is 3. The number of nitrogens with one attached hydrogen (secondary N) is 2. The molecule has 0 radical (unpaired) electrons. The fraction of sp³-hybridized carbons (Fsp3) is 0.125. The summed E-state index contributed by atoms with van der Waals surface area (Å²) in [5.41, 5.74) is 0.973. The van der Waals surface area contributed by atoms with Crippen molar-refractivity contribution in [3.63, 3.8) is 0 Å². The number of thiazole rings is 1. The first-order valence-electron chi connectivity index (χ1n) is 3.81. The second kappa shape index (κ2) is 5.13. The minimum absolute atomic E-state index is 0.381. The van der Waals surface area contributed by atoms with Crippen LogP contribution in [-0.4, -0.2) is 15.0 Å². The molecule has 0 atom stereocenters. The summed E-state index contributed by atoms with van der Waals surface area (Å²) in [5, 5.41) is 0. The van der Waals surface area contributed by atoms with Crippen LogP contribution in [0.3, 0.4) is 0 Å². The van der Waals surface area contributed by atoms with Crippen LogP contribution in [0.4, 0.5) is 0 Å². The molecule has 2 rings (SSSR count). The summed E-state index contributed by atoms with van der Waals surface area (Å²) in [4.78, 5) is 29.8. The number of aromatic amines is 2. The zero-order valence-electron chi connectivity index (χ0n) is 7.48. The maximum atomic E-state index is 10.2.